The summed E-state index contributed by atoms with van der Waals surface area (Å²) in [6.45, 7) is 4.82. The van der Waals surface area contributed by atoms with Crippen LogP contribution in [0.25, 0.3) is 0 Å². The summed E-state index contributed by atoms with van der Waals surface area (Å²) in [6, 6.07) is 7.76. The zero-order valence-corrected chi connectivity index (χ0v) is 13.9. The molecule has 0 unspecified atom stereocenters. The summed E-state index contributed by atoms with van der Waals surface area (Å²) in [7, 11) is -3.50. The minimum absolute atomic E-state index is 0.204. The summed E-state index contributed by atoms with van der Waals surface area (Å²) in [6.07, 6.45) is 3.04. The van der Waals surface area contributed by atoms with Gasteiger partial charge in [0, 0.05) is 23.6 Å². The summed E-state index contributed by atoms with van der Waals surface area (Å²) in [5.74, 6) is -0.170. The van der Waals surface area contributed by atoms with Crippen molar-refractivity contribution in [3.8, 4) is 0 Å². The van der Waals surface area contributed by atoms with Crippen molar-refractivity contribution in [3.63, 3.8) is 0 Å². The lowest BCUT2D eigenvalue weighted by atomic mass is 10.2. The molecule has 2 rings (SSSR count). The SMILES string of the molecule is CC(C)(C)S(=O)(=O)Nc1ccc(C(=O)Nc2ncccn2)cc1. The maximum atomic E-state index is 12.1. The maximum Gasteiger partial charge on any atom is 0.258 e. The van der Waals surface area contributed by atoms with Crippen molar-refractivity contribution in [3.05, 3.63) is 48.3 Å². The third kappa shape index (κ3) is 4.26. The molecule has 8 heteroatoms. The fraction of sp³-hybridized carbons (Fsp3) is 0.267. The van der Waals surface area contributed by atoms with Crippen LogP contribution < -0.4 is 10.0 Å². The van der Waals surface area contributed by atoms with Gasteiger partial charge >= 0.3 is 0 Å². The van der Waals surface area contributed by atoms with Crippen LogP contribution in [0.4, 0.5) is 11.6 Å². The molecule has 2 N–H and O–H groups in total. The van der Waals surface area contributed by atoms with Crippen LogP contribution in [0.15, 0.2) is 42.7 Å². The van der Waals surface area contributed by atoms with E-state index < -0.39 is 14.8 Å². The predicted molar refractivity (Wildman–Crippen MR) is 88.7 cm³/mol. The molecule has 23 heavy (non-hydrogen) atoms. The zero-order chi connectivity index (χ0) is 17.1. The second-order valence-electron chi connectivity index (χ2n) is 5.82. The second kappa shape index (κ2) is 6.33. The van der Waals surface area contributed by atoms with E-state index in [1.807, 2.05) is 0 Å². The Morgan fingerprint density at radius 3 is 2.13 bits per heavy atom. The molecule has 0 aliphatic carbocycles. The van der Waals surface area contributed by atoms with Crippen molar-refractivity contribution < 1.29 is 13.2 Å². The van der Waals surface area contributed by atoms with E-state index in [9.17, 15) is 13.2 Å². The fourth-order valence-corrected chi connectivity index (χ4v) is 2.29. The van der Waals surface area contributed by atoms with E-state index >= 15 is 0 Å². The van der Waals surface area contributed by atoms with Crippen LogP contribution in [0.2, 0.25) is 0 Å². The molecule has 0 radical (unpaired) electrons. The quantitative estimate of drug-likeness (QED) is 0.893. The molecule has 0 saturated heterocycles. The number of anilines is 2. The van der Waals surface area contributed by atoms with Gasteiger partial charge in [-0.05, 0) is 51.1 Å². The van der Waals surface area contributed by atoms with Gasteiger partial charge in [0.15, 0.2) is 0 Å². The van der Waals surface area contributed by atoms with Gasteiger partial charge in [-0.1, -0.05) is 0 Å². The third-order valence-corrected chi connectivity index (χ3v) is 5.11. The first-order valence-corrected chi connectivity index (χ1v) is 8.38. The second-order valence-corrected chi connectivity index (χ2v) is 8.26. The normalized spacial score (nSPS) is 11.8. The number of carbonyl (C=O) groups is 1. The topological polar surface area (TPSA) is 101 Å². The highest BCUT2D eigenvalue weighted by Crippen LogP contribution is 2.20. The first-order chi connectivity index (χ1) is 10.7. The highest BCUT2D eigenvalue weighted by Gasteiger charge is 2.28. The molecular formula is C15H18N4O3S. The molecule has 0 aliphatic heterocycles. The van der Waals surface area contributed by atoms with Crippen LogP contribution >= 0.6 is 0 Å². The average Bonchev–Trinajstić information content (AvgIpc) is 2.47. The van der Waals surface area contributed by atoms with Crippen molar-refractivity contribution >= 4 is 27.6 Å². The highest BCUT2D eigenvalue weighted by atomic mass is 32.2. The lowest BCUT2D eigenvalue weighted by Crippen LogP contribution is -2.33. The molecule has 1 heterocycles. The number of nitrogens with zero attached hydrogens (tertiary/aromatic N) is 2. The van der Waals surface area contributed by atoms with E-state index in [4.69, 9.17) is 0 Å². The Labute approximate surface area is 135 Å². The molecule has 122 valence electrons. The van der Waals surface area contributed by atoms with E-state index in [1.54, 1.807) is 26.8 Å². The van der Waals surface area contributed by atoms with E-state index in [0.29, 0.717) is 11.3 Å². The molecule has 1 aromatic carbocycles. The number of hydrogen-bond donors (Lipinski definition) is 2. The number of hydrogen-bond acceptors (Lipinski definition) is 5. The summed E-state index contributed by atoms with van der Waals surface area (Å²) in [5, 5.41) is 2.55. The maximum absolute atomic E-state index is 12.1. The number of carbonyl (C=O) groups excluding carboxylic acids is 1. The van der Waals surface area contributed by atoms with E-state index in [2.05, 4.69) is 20.0 Å². The molecule has 7 nitrogen and oxygen atoms in total. The molecule has 0 bridgehead atoms. The van der Waals surface area contributed by atoms with E-state index in [1.165, 1.54) is 36.7 Å². The molecule has 0 aliphatic rings. The summed E-state index contributed by atoms with van der Waals surface area (Å²) in [4.78, 5) is 19.8. The standard InChI is InChI=1S/C15H18N4O3S/c1-15(2,3)23(21,22)19-12-7-5-11(6-8-12)13(20)18-14-16-9-4-10-17-14/h4-10,19H,1-3H3,(H,16,17,18,20). The van der Waals surface area contributed by atoms with Gasteiger partial charge in [0.25, 0.3) is 5.91 Å². The van der Waals surface area contributed by atoms with Gasteiger partial charge in [-0.3, -0.25) is 14.8 Å². The Hall–Kier alpha value is -2.48. The van der Waals surface area contributed by atoms with Gasteiger partial charge < -0.3 is 0 Å². The Balaban J connectivity index is 2.09. The van der Waals surface area contributed by atoms with Gasteiger partial charge in [-0.25, -0.2) is 18.4 Å². The molecular weight excluding hydrogens is 316 g/mol. The predicted octanol–water partition coefficient (Wildman–Crippen LogP) is 2.27. The third-order valence-electron chi connectivity index (χ3n) is 3.00. The monoisotopic (exact) mass is 334 g/mol. The van der Waals surface area contributed by atoms with Crippen LogP contribution in [0, 0.1) is 0 Å². The van der Waals surface area contributed by atoms with E-state index in [-0.39, 0.29) is 11.9 Å². The molecule has 1 amide bonds. The lowest BCUT2D eigenvalue weighted by Gasteiger charge is -2.20. The fourth-order valence-electron chi connectivity index (χ4n) is 1.54. The smallest absolute Gasteiger partial charge is 0.258 e. The summed E-state index contributed by atoms with van der Waals surface area (Å²) < 4.78 is 25.7. The van der Waals surface area contributed by atoms with Crippen molar-refractivity contribution in [2.75, 3.05) is 10.0 Å². The van der Waals surface area contributed by atoms with Crippen LogP contribution in [-0.4, -0.2) is 29.0 Å². The number of rotatable bonds is 4. The largest absolute Gasteiger partial charge is 0.290 e. The lowest BCUT2D eigenvalue weighted by molar-refractivity contribution is 0.102. The van der Waals surface area contributed by atoms with Crippen molar-refractivity contribution in [2.45, 2.75) is 25.5 Å². The number of sulfonamides is 1. The summed E-state index contributed by atoms with van der Waals surface area (Å²) >= 11 is 0. The Morgan fingerprint density at radius 1 is 1.04 bits per heavy atom. The van der Waals surface area contributed by atoms with Crippen LogP contribution in [0.5, 0.6) is 0 Å². The van der Waals surface area contributed by atoms with Crippen molar-refractivity contribution in [1.29, 1.82) is 0 Å². The van der Waals surface area contributed by atoms with Crippen molar-refractivity contribution in [1.82, 2.24) is 9.97 Å². The molecule has 0 atom stereocenters. The van der Waals surface area contributed by atoms with Crippen LogP contribution in [0.3, 0.4) is 0 Å². The highest BCUT2D eigenvalue weighted by molar-refractivity contribution is 7.94. The van der Waals surface area contributed by atoms with Crippen LogP contribution in [-0.2, 0) is 10.0 Å². The Morgan fingerprint density at radius 2 is 1.61 bits per heavy atom. The van der Waals surface area contributed by atoms with Gasteiger partial charge in [-0.15, -0.1) is 0 Å². The van der Waals surface area contributed by atoms with Gasteiger partial charge in [-0.2, -0.15) is 0 Å². The van der Waals surface area contributed by atoms with Gasteiger partial charge in [0.05, 0.1) is 4.75 Å². The number of amides is 1. The minimum atomic E-state index is -3.50. The number of benzene rings is 1. The molecule has 0 fully saturated rings. The number of aromatic nitrogens is 2. The van der Waals surface area contributed by atoms with E-state index in [0.717, 1.165) is 0 Å². The van der Waals surface area contributed by atoms with Crippen LogP contribution in [0.1, 0.15) is 31.1 Å². The molecule has 1 aromatic heterocycles. The van der Waals surface area contributed by atoms with Crippen molar-refractivity contribution in [2.24, 2.45) is 0 Å². The van der Waals surface area contributed by atoms with Gasteiger partial charge in [0.2, 0.25) is 16.0 Å². The van der Waals surface area contributed by atoms with Gasteiger partial charge in [0.1, 0.15) is 0 Å². The average molecular weight is 334 g/mol. The molecule has 0 spiro atoms. The number of nitrogens with one attached hydrogen (secondary N) is 2. The molecule has 2 aromatic rings. The molecule has 0 saturated carbocycles. The Bertz CT molecular complexity index is 782. The summed E-state index contributed by atoms with van der Waals surface area (Å²) in [5.41, 5.74) is 0.767. The zero-order valence-electron chi connectivity index (χ0n) is 13.1. The first kappa shape index (κ1) is 16.9. The minimum Gasteiger partial charge on any atom is -0.290 e. The first-order valence-electron chi connectivity index (χ1n) is 6.90. The Kier molecular flexibility index (Phi) is 4.65.